The number of hydrogen-bond acceptors (Lipinski definition) is 7. The Morgan fingerprint density at radius 2 is 1.59 bits per heavy atom. The van der Waals surface area contributed by atoms with Gasteiger partial charge in [0.25, 0.3) is 0 Å². The van der Waals surface area contributed by atoms with Crippen molar-refractivity contribution < 1.29 is 38.9 Å². The average molecular weight is 707 g/mol. The Hall–Kier alpha value is -2.29. The van der Waals surface area contributed by atoms with Gasteiger partial charge in [-0.15, -0.1) is 0 Å². The van der Waals surface area contributed by atoms with E-state index < -0.39 is 52.4 Å². The standard InChI is InChI=1S/C22H29FO5.C21H30O2/c1-12-8-16-15-5-4-13-9-14(25)6-7-19(13,2)21(15,23)17(26)10-20(16,3)22(12,28)18(27)11-24;1-13(22)17-6-7-18-16-5-4-14-12-15(23)8-10-20(14,2)19(16)9-11-21(17,18)3/h6-7,9,12,15-17,24,26,28H,4-5,8,10-11H2,1-3H3;12,16-19H,4-11H2,1-3H3/t12-,15+,16+,17+,19+,20+,21+,22+;16-,17+,18-,19-,20-,21+/m10/s1. The number of alkyl halides is 1. The van der Waals surface area contributed by atoms with Crippen molar-refractivity contribution in [2.75, 3.05) is 6.61 Å². The number of halogens is 1. The van der Waals surface area contributed by atoms with Crippen LogP contribution in [0.1, 0.15) is 119 Å². The van der Waals surface area contributed by atoms with E-state index in [2.05, 4.69) is 13.8 Å². The minimum absolute atomic E-state index is 0.0676. The lowest BCUT2D eigenvalue weighted by Crippen LogP contribution is -2.69. The number of hydrogen-bond donors (Lipinski definition) is 3. The molecule has 280 valence electrons. The van der Waals surface area contributed by atoms with Gasteiger partial charge in [0.05, 0.1) is 6.10 Å². The lowest BCUT2D eigenvalue weighted by molar-refractivity contribution is -0.219. The molecule has 3 N–H and O–H groups in total. The average Bonchev–Trinajstić information content (AvgIpc) is 3.54. The molecule has 0 radical (unpaired) electrons. The molecule has 6 saturated carbocycles. The van der Waals surface area contributed by atoms with Crippen LogP contribution in [0.25, 0.3) is 0 Å². The molecule has 0 unspecified atom stereocenters. The highest BCUT2D eigenvalue weighted by atomic mass is 19.1. The molecule has 0 aromatic carbocycles. The van der Waals surface area contributed by atoms with Gasteiger partial charge in [-0.3, -0.25) is 19.2 Å². The fourth-order valence-electron chi connectivity index (χ4n) is 14.5. The predicted octanol–water partition coefficient (Wildman–Crippen LogP) is 6.62. The monoisotopic (exact) mass is 706 g/mol. The Bertz CT molecular complexity index is 1630. The van der Waals surface area contributed by atoms with Crippen molar-refractivity contribution in [2.45, 2.75) is 136 Å². The lowest BCUT2D eigenvalue weighted by atomic mass is 9.44. The van der Waals surface area contributed by atoms with Gasteiger partial charge in [-0.25, -0.2) is 4.39 Å². The van der Waals surface area contributed by atoms with Crippen LogP contribution in [-0.4, -0.2) is 62.4 Å². The number of carbonyl (C=O) groups excluding carboxylic acids is 4. The summed E-state index contributed by atoms with van der Waals surface area (Å²) in [6.45, 7) is 11.1. The first-order chi connectivity index (χ1) is 23.8. The van der Waals surface area contributed by atoms with E-state index in [1.54, 1.807) is 33.8 Å². The zero-order valence-corrected chi connectivity index (χ0v) is 31.5. The highest BCUT2D eigenvalue weighted by molar-refractivity contribution is 6.01. The molecule has 0 amide bonds. The SMILES string of the molecule is CC(=O)[C@H]1CC[C@H]2[C@@H]3CCC4=CC(=O)CC[C@]4(C)[C@H]3CC[C@]12C.C[C@@H]1C[C@H]2[C@@H]3CCC4=CC(=O)C=C[C@]4(C)[C@@]3(F)[C@@H](O)C[C@]2(C)[C@@]1(O)C(=O)CO. The van der Waals surface area contributed by atoms with Crippen LogP contribution >= 0.6 is 0 Å². The Morgan fingerprint density at radius 1 is 0.882 bits per heavy atom. The first kappa shape index (κ1) is 37.0. The maximum Gasteiger partial charge on any atom is 0.190 e. The number of allylic oxidation sites excluding steroid dienone is 5. The summed E-state index contributed by atoms with van der Waals surface area (Å²) in [4.78, 5) is 48.4. The number of fused-ring (bicyclic) bond motifs is 10. The van der Waals surface area contributed by atoms with E-state index in [0.717, 1.165) is 43.4 Å². The van der Waals surface area contributed by atoms with Gasteiger partial charge in [0, 0.05) is 29.1 Å². The molecule has 8 aliphatic rings. The highest BCUT2D eigenvalue weighted by Gasteiger charge is 2.75. The van der Waals surface area contributed by atoms with Gasteiger partial charge in [0.1, 0.15) is 18.0 Å². The summed E-state index contributed by atoms with van der Waals surface area (Å²) >= 11 is 0. The van der Waals surface area contributed by atoms with Crippen LogP contribution in [0.2, 0.25) is 0 Å². The van der Waals surface area contributed by atoms with Crippen LogP contribution < -0.4 is 0 Å². The summed E-state index contributed by atoms with van der Waals surface area (Å²) in [6, 6.07) is 0. The summed E-state index contributed by atoms with van der Waals surface area (Å²) in [6.07, 6.45) is 15.4. The van der Waals surface area contributed by atoms with E-state index in [-0.39, 0.29) is 29.0 Å². The summed E-state index contributed by atoms with van der Waals surface area (Å²) < 4.78 is 16.9. The molecule has 0 saturated heterocycles. The van der Waals surface area contributed by atoms with Crippen molar-refractivity contribution in [3.8, 4) is 0 Å². The largest absolute Gasteiger partial charge is 0.390 e. The van der Waals surface area contributed by atoms with Crippen molar-refractivity contribution in [2.24, 2.45) is 63.1 Å². The molecule has 0 aliphatic heterocycles. The number of ketones is 4. The fourth-order valence-corrected chi connectivity index (χ4v) is 14.5. The van der Waals surface area contributed by atoms with Gasteiger partial charge in [-0.05, 0) is 143 Å². The molecule has 8 rings (SSSR count). The summed E-state index contributed by atoms with van der Waals surface area (Å²) in [5.41, 5.74) is -3.22. The van der Waals surface area contributed by atoms with Crippen molar-refractivity contribution in [1.82, 2.24) is 0 Å². The molecule has 0 spiro atoms. The van der Waals surface area contributed by atoms with Crippen LogP contribution in [0.15, 0.2) is 35.5 Å². The van der Waals surface area contributed by atoms with Crippen LogP contribution in [-0.2, 0) is 19.2 Å². The van der Waals surface area contributed by atoms with Crippen molar-refractivity contribution in [1.29, 1.82) is 0 Å². The molecule has 14 atom stereocenters. The second-order valence-electron chi connectivity index (χ2n) is 19.0. The van der Waals surface area contributed by atoms with Gasteiger partial charge in [0.15, 0.2) is 23.0 Å². The number of carbonyl (C=O) groups is 4. The number of aliphatic hydroxyl groups is 3. The molecule has 6 fully saturated rings. The maximum atomic E-state index is 16.9. The van der Waals surface area contributed by atoms with Gasteiger partial charge in [0.2, 0.25) is 0 Å². The number of rotatable bonds is 3. The van der Waals surface area contributed by atoms with E-state index in [1.165, 1.54) is 43.4 Å². The third-order valence-corrected chi connectivity index (χ3v) is 17.2. The normalized spacial score (nSPS) is 50.9. The summed E-state index contributed by atoms with van der Waals surface area (Å²) in [5, 5.41) is 32.0. The molecular weight excluding hydrogens is 647 g/mol. The molecule has 0 heterocycles. The maximum absolute atomic E-state index is 16.9. The van der Waals surface area contributed by atoms with Crippen LogP contribution in [0, 0.1) is 63.1 Å². The molecule has 0 aromatic rings. The van der Waals surface area contributed by atoms with Crippen LogP contribution in [0.5, 0.6) is 0 Å². The Morgan fingerprint density at radius 3 is 2.27 bits per heavy atom. The molecule has 8 aliphatic carbocycles. The second kappa shape index (κ2) is 12.1. The van der Waals surface area contributed by atoms with Crippen LogP contribution in [0.4, 0.5) is 4.39 Å². The highest BCUT2D eigenvalue weighted by Crippen LogP contribution is 2.71. The van der Waals surface area contributed by atoms with Crippen molar-refractivity contribution in [3.63, 3.8) is 0 Å². The van der Waals surface area contributed by atoms with E-state index in [0.29, 0.717) is 42.3 Å². The molecular formula is C43H59FO7. The Kier molecular flexibility index (Phi) is 8.80. The zero-order valence-electron chi connectivity index (χ0n) is 31.5. The van der Waals surface area contributed by atoms with Gasteiger partial charge in [-0.1, -0.05) is 44.9 Å². The molecule has 51 heavy (non-hydrogen) atoms. The quantitative estimate of drug-likeness (QED) is 0.301. The molecule has 8 heteroatoms. The topological polar surface area (TPSA) is 129 Å². The third-order valence-electron chi connectivity index (χ3n) is 17.2. The zero-order chi connectivity index (χ0) is 37.1. The molecule has 0 bridgehead atoms. The molecule has 7 nitrogen and oxygen atoms in total. The van der Waals surface area contributed by atoms with E-state index in [4.69, 9.17) is 0 Å². The van der Waals surface area contributed by atoms with E-state index in [9.17, 15) is 34.5 Å². The lowest BCUT2D eigenvalue weighted by Gasteiger charge is -2.62. The van der Waals surface area contributed by atoms with Crippen molar-refractivity contribution >= 4 is 23.1 Å². The first-order valence-electron chi connectivity index (χ1n) is 19.7. The Labute approximate surface area is 302 Å². The number of aliphatic hydroxyl groups excluding tert-OH is 2. The van der Waals surface area contributed by atoms with E-state index >= 15 is 4.39 Å². The smallest absolute Gasteiger partial charge is 0.190 e. The third kappa shape index (κ3) is 4.83. The van der Waals surface area contributed by atoms with Gasteiger partial charge in [-0.2, -0.15) is 0 Å². The fraction of sp³-hybridized carbons (Fsp3) is 0.767. The minimum Gasteiger partial charge on any atom is -0.390 e. The number of Topliss-reactive ketones (excluding diaryl/α,β-unsaturated/α-hetero) is 2. The second-order valence-corrected chi connectivity index (χ2v) is 19.0. The predicted molar refractivity (Wildman–Crippen MR) is 191 cm³/mol. The Balaban J connectivity index is 0.000000162. The summed E-state index contributed by atoms with van der Waals surface area (Å²) in [5.74, 6) is 1.17. The van der Waals surface area contributed by atoms with Gasteiger partial charge < -0.3 is 15.3 Å². The van der Waals surface area contributed by atoms with Gasteiger partial charge >= 0.3 is 0 Å². The summed E-state index contributed by atoms with van der Waals surface area (Å²) in [7, 11) is 0. The van der Waals surface area contributed by atoms with Crippen molar-refractivity contribution in [3.05, 3.63) is 35.5 Å². The minimum atomic E-state index is -1.98. The van der Waals surface area contributed by atoms with Crippen LogP contribution in [0.3, 0.4) is 0 Å². The first-order valence-corrected chi connectivity index (χ1v) is 19.7. The van der Waals surface area contributed by atoms with E-state index in [1.807, 2.05) is 6.08 Å². The molecule has 0 aromatic heterocycles.